The summed E-state index contributed by atoms with van der Waals surface area (Å²) in [6.45, 7) is 5.90. The molecule has 1 saturated heterocycles. The summed E-state index contributed by atoms with van der Waals surface area (Å²) in [5.41, 5.74) is 0.658. The lowest BCUT2D eigenvalue weighted by Crippen LogP contribution is -2.54. The van der Waals surface area contributed by atoms with Gasteiger partial charge in [-0.05, 0) is 19.9 Å². The number of pyridine rings is 1. The summed E-state index contributed by atoms with van der Waals surface area (Å²) >= 11 is 0. The molecular weight excluding hydrogens is 193 g/mol. The van der Waals surface area contributed by atoms with E-state index >= 15 is 0 Å². The van der Waals surface area contributed by atoms with Gasteiger partial charge in [-0.25, -0.2) is 4.39 Å². The molecule has 15 heavy (non-hydrogen) atoms. The van der Waals surface area contributed by atoms with Crippen LogP contribution < -0.4 is 10.2 Å². The van der Waals surface area contributed by atoms with Crippen LogP contribution in [0.2, 0.25) is 0 Å². The Hall–Kier alpha value is -1.16. The molecule has 1 aromatic rings. The second-order valence-corrected chi connectivity index (χ2v) is 4.20. The number of hydrogen-bond acceptors (Lipinski definition) is 3. The summed E-state index contributed by atoms with van der Waals surface area (Å²) in [5, 5.41) is 3.42. The first-order chi connectivity index (χ1) is 7.16. The molecule has 0 spiro atoms. The second kappa shape index (κ2) is 4.14. The normalized spacial score (nSPS) is 26.7. The minimum atomic E-state index is -0.237. The summed E-state index contributed by atoms with van der Waals surface area (Å²) in [7, 11) is 0. The summed E-state index contributed by atoms with van der Waals surface area (Å²) in [4.78, 5) is 5.83. The van der Waals surface area contributed by atoms with Crippen LogP contribution >= 0.6 is 0 Å². The van der Waals surface area contributed by atoms with Gasteiger partial charge in [0.05, 0.1) is 11.9 Å². The van der Waals surface area contributed by atoms with Crippen molar-refractivity contribution in [2.45, 2.75) is 25.9 Å². The molecule has 1 aliphatic heterocycles. The van der Waals surface area contributed by atoms with Crippen molar-refractivity contribution in [3.63, 3.8) is 0 Å². The third kappa shape index (κ3) is 2.26. The fourth-order valence-electron chi connectivity index (χ4n) is 2.15. The lowest BCUT2D eigenvalue weighted by atomic mass is 10.1. The Morgan fingerprint density at radius 2 is 2.07 bits per heavy atom. The van der Waals surface area contributed by atoms with Crippen LogP contribution in [0.1, 0.15) is 13.8 Å². The molecule has 3 nitrogen and oxygen atoms in total. The number of halogens is 1. The highest BCUT2D eigenvalue weighted by atomic mass is 19.1. The van der Waals surface area contributed by atoms with E-state index in [1.54, 1.807) is 12.3 Å². The molecule has 0 bridgehead atoms. The number of hydrogen-bond donors (Lipinski definition) is 1. The van der Waals surface area contributed by atoms with Gasteiger partial charge in [0.25, 0.3) is 0 Å². The Morgan fingerprint density at radius 1 is 1.40 bits per heavy atom. The van der Waals surface area contributed by atoms with E-state index in [4.69, 9.17) is 0 Å². The van der Waals surface area contributed by atoms with Crippen LogP contribution in [0.15, 0.2) is 18.5 Å². The molecule has 2 rings (SSSR count). The van der Waals surface area contributed by atoms with Crippen molar-refractivity contribution in [2.75, 3.05) is 18.0 Å². The van der Waals surface area contributed by atoms with Crippen molar-refractivity contribution >= 4 is 5.69 Å². The largest absolute Gasteiger partial charge is 0.366 e. The number of anilines is 1. The maximum absolute atomic E-state index is 13.5. The molecule has 1 N–H and O–H groups in total. The van der Waals surface area contributed by atoms with Gasteiger partial charge in [-0.2, -0.15) is 0 Å². The monoisotopic (exact) mass is 209 g/mol. The van der Waals surface area contributed by atoms with E-state index in [9.17, 15) is 4.39 Å². The second-order valence-electron chi connectivity index (χ2n) is 4.20. The number of nitrogens with zero attached hydrogens (tertiary/aromatic N) is 2. The van der Waals surface area contributed by atoms with Crippen molar-refractivity contribution in [2.24, 2.45) is 0 Å². The van der Waals surface area contributed by atoms with Crippen molar-refractivity contribution in [3.05, 3.63) is 24.3 Å². The molecular formula is C11H16FN3. The maximum Gasteiger partial charge on any atom is 0.164 e. The van der Waals surface area contributed by atoms with Crippen LogP contribution in [0.25, 0.3) is 0 Å². The van der Waals surface area contributed by atoms with E-state index in [2.05, 4.69) is 29.0 Å². The van der Waals surface area contributed by atoms with Crippen molar-refractivity contribution in [1.82, 2.24) is 10.3 Å². The highest BCUT2D eigenvalue weighted by Crippen LogP contribution is 2.20. The standard InChI is InChI=1S/C11H16FN3/c1-8-6-15(7-9(2)14-8)11-3-4-13-5-10(11)12/h3-5,8-9,14H,6-7H2,1-2H3. The van der Waals surface area contributed by atoms with E-state index in [0.29, 0.717) is 17.8 Å². The summed E-state index contributed by atoms with van der Waals surface area (Å²) in [6.07, 6.45) is 2.91. The molecule has 2 unspecified atom stereocenters. The molecule has 2 atom stereocenters. The van der Waals surface area contributed by atoms with E-state index in [1.165, 1.54) is 6.20 Å². The molecule has 0 radical (unpaired) electrons. The molecule has 82 valence electrons. The Labute approximate surface area is 89.3 Å². The van der Waals surface area contributed by atoms with E-state index in [0.717, 1.165) is 13.1 Å². The average molecular weight is 209 g/mol. The molecule has 4 heteroatoms. The third-order valence-corrected chi connectivity index (χ3v) is 2.65. The van der Waals surface area contributed by atoms with Crippen LogP contribution in [0.5, 0.6) is 0 Å². The SMILES string of the molecule is CC1CN(c2ccncc2F)CC(C)N1. The first-order valence-corrected chi connectivity index (χ1v) is 5.27. The zero-order valence-electron chi connectivity index (χ0n) is 9.07. The van der Waals surface area contributed by atoms with Gasteiger partial charge in [0.1, 0.15) is 0 Å². The quantitative estimate of drug-likeness (QED) is 0.758. The van der Waals surface area contributed by atoms with Crippen LogP contribution in [-0.2, 0) is 0 Å². The smallest absolute Gasteiger partial charge is 0.164 e. The number of nitrogens with one attached hydrogen (secondary N) is 1. The average Bonchev–Trinajstić information content (AvgIpc) is 2.16. The van der Waals surface area contributed by atoms with Crippen LogP contribution in [-0.4, -0.2) is 30.2 Å². The number of rotatable bonds is 1. The molecule has 0 amide bonds. The molecule has 0 saturated carbocycles. The number of aromatic nitrogens is 1. The topological polar surface area (TPSA) is 28.2 Å². The van der Waals surface area contributed by atoms with Crippen LogP contribution in [0, 0.1) is 5.82 Å². The molecule has 1 aromatic heterocycles. The van der Waals surface area contributed by atoms with Gasteiger partial charge in [-0.3, -0.25) is 4.98 Å². The predicted molar refractivity (Wildman–Crippen MR) is 58.5 cm³/mol. The first-order valence-electron chi connectivity index (χ1n) is 5.27. The van der Waals surface area contributed by atoms with Gasteiger partial charge in [-0.15, -0.1) is 0 Å². The lowest BCUT2D eigenvalue weighted by Gasteiger charge is -2.37. The number of piperazine rings is 1. The minimum Gasteiger partial charge on any atom is -0.366 e. The first kappa shape index (κ1) is 10.4. The maximum atomic E-state index is 13.5. The van der Waals surface area contributed by atoms with Gasteiger partial charge < -0.3 is 10.2 Å². The van der Waals surface area contributed by atoms with E-state index in [-0.39, 0.29) is 5.82 Å². The molecule has 0 aromatic carbocycles. The van der Waals surface area contributed by atoms with Crippen LogP contribution in [0.4, 0.5) is 10.1 Å². The Kier molecular flexibility index (Phi) is 2.86. The molecule has 1 fully saturated rings. The lowest BCUT2D eigenvalue weighted by molar-refractivity contribution is 0.403. The van der Waals surface area contributed by atoms with E-state index in [1.807, 2.05) is 0 Å². The zero-order valence-corrected chi connectivity index (χ0v) is 9.07. The Morgan fingerprint density at radius 3 is 2.67 bits per heavy atom. The predicted octanol–water partition coefficient (Wildman–Crippen LogP) is 1.41. The molecule has 1 aliphatic rings. The highest BCUT2D eigenvalue weighted by molar-refractivity contribution is 5.47. The Bertz CT molecular complexity index is 332. The van der Waals surface area contributed by atoms with Gasteiger partial charge in [0.15, 0.2) is 5.82 Å². The summed E-state index contributed by atoms with van der Waals surface area (Å²) in [5.74, 6) is -0.237. The molecule has 2 heterocycles. The van der Waals surface area contributed by atoms with Gasteiger partial charge in [-0.1, -0.05) is 0 Å². The van der Waals surface area contributed by atoms with Crippen molar-refractivity contribution < 1.29 is 4.39 Å². The van der Waals surface area contributed by atoms with Crippen molar-refractivity contribution in [1.29, 1.82) is 0 Å². The van der Waals surface area contributed by atoms with Crippen LogP contribution in [0.3, 0.4) is 0 Å². The fourth-order valence-corrected chi connectivity index (χ4v) is 2.15. The van der Waals surface area contributed by atoms with Gasteiger partial charge >= 0.3 is 0 Å². The van der Waals surface area contributed by atoms with Crippen molar-refractivity contribution in [3.8, 4) is 0 Å². The fraction of sp³-hybridized carbons (Fsp3) is 0.545. The summed E-state index contributed by atoms with van der Waals surface area (Å²) < 4.78 is 13.5. The minimum absolute atomic E-state index is 0.237. The summed E-state index contributed by atoms with van der Waals surface area (Å²) in [6, 6.07) is 2.52. The zero-order chi connectivity index (χ0) is 10.8. The third-order valence-electron chi connectivity index (χ3n) is 2.65. The highest BCUT2D eigenvalue weighted by Gasteiger charge is 2.22. The molecule has 0 aliphatic carbocycles. The van der Waals surface area contributed by atoms with Gasteiger partial charge in [0.2, 0.25) is 0 Å². The van der Waals surface area contributed by atoms with Gasteiger partial charge in [0, 0.05) is 31.4 Å². The Balaban J connectivity index is 2.20. The van der Waals surface area contributed by atoms with E-state index < -0.39 is 0 Å².